The molecule has 2 N–H and O–H groups in total. The minimum atomic E-state index is -1.47. The summed E-state index contributed by atoms with van der Waals surface area (Å²) in [6.07, 6.45) is 4.30. The third-order valence-corrected chi connectivity index (χ3v) is 6.36. The molecule has 1 aromatic carbocycles. The summed E-state index contributed by atoms with van der Waals surface area (Å²) >= 11 is 0. The Morgan fingerprint density at radius 3 is 2.46 bits per heavy atom. The van der Waals surface area contributed by atoms with E-state index < -0.39 is 5.60 Å². The fourth-order valence-electron chi connectivity index (χ4n) is 4.15. The van der Waals surface area contributed by atoms with Crippen molar-refractivity contribution in [3.63, 3.8) is 0 Å². The van der Waals surface area contributed by atoms with Crippen LogP contribution < -0.4 is 5.32 Å². The van der Waals surface area contributed by atoms with E-state index in [0.717, 1.165) is 19.3 Å². The molecule has 1 heterocycles. The number of rotatable bonds is 4. The highest BCUT2D eigenvalue weighted by molar-refractivity contribution is 5.86. The van der Waals surface area contributed by atoms with Gasteiger partial charge in [-0.3, -0.25) is 9.59 Å². The fraction of sp³-hybridized carbons (Fsp3) is 0.619. The average molecular weight is 358 g/mol. The smallest absolute Gasteiger partial charge is 0.253 e. The van der Waals surface area contributed by atoms with Crippen LogP contribution in [-0.2, 0) is 15.0 Å². The zero-order chi connectivity index (χ0) is 18.9. The van der Waals surface area contributed by atoms with E-state index in [1.165, 1.54) is 23.6 Å². The van der Waals surface area contributed by atoms with Gasteiger partial charge in [0.05, 0.1) is 6.54 Å². The number of piperidine rings is 1. The molecular weight excluding hydrogens is 328 g/mol. The van der Waals surface area contributed by atoms with Crippen LogP contribution >= 0.6 is 0 Å². The van der Waals surface area contributed by atoms with Crippen LogP contribution in [0.5, 0.6) is 0 Å². The van der Waals surface area contributed by atoms with Gasteiger partial charge in [0.1, 0.15) is 0 Å². The van der Waals surface area contributed by atoms with Gasteiger partial charge in [-0.1, -0.05) is 24.6 Å². The molecule has 1 atom stereocenters. The lowest BCUT2D eigenvalue weighted by molar-refractivity contribution is -0.150. The van der Waals surface area contributed by atoms with Crippen molar-refractivity contribution in [2.45, 2.75) is 63.9 Å². The van der Waals surface area contributed by atoms with Crippen molar-refractivity contribution in [3.8, 4) is 0 Å². The van der Waals surface area contributed by atoms with Gasteiger partial charge in [-0.25, -0.2) is 0 Å². The summed E-state index contributed by atoms with van der Waals surface area (Å²) in [6.45, 7) is 6.93. The first-order valence-electron chi connectivity index (χ1n) is 9.60. The van der Waals surface area contributed by atoms with Crippen LogP contribution in [0.1, 0.15) is 55.7 Å². The highest BCUT2D eigenvalue weighted by atomic mass is 16.3. The highest BCUT2D eigenvalue weighted by Crippen LogP contribution is 2.43. The van der Waals surface area contributed by atoms with Gasteiger partial charge in [-0.05, 0) is 56.2 Å². The number of β-amino-alcohol motifs (C(OH)–C–C–N with tert-alkyl or cyclic N) is 1. The number of carbonyl (C=O) groups excluding carboxylic acids is 2. The van der Waals surface area contributed by atoms with Gasteiger partial charge in [0.25, 0.3) is 5.91 Å². The Bertz CT molecular complexity index is 711. The number of carbonyl (C=O) groups is 2. The lowest BCUT2D eigenvalue weighted by Crippen LogP contribution is -2.59. The van der Waals surface area contributed by atoms with Crippen molar-refractivity contribution >= 4 is 11.8 Å². The van der Waals surface area contributed by atoms with Crippen LogP contribution in [0, 0.1) is 13.8 Å². The SMILES string of the molecule is CC(=O)N1CCCC(O)(C(=O)NCC2(c3ccc(C)c(C)c3)CCC2)C1. The number of amides is 2. The molecule has 142 valence electrons. The minimum absolute atomic E-state index is 0.0284. The van der Waals surface area contributed by atoms with Gasteiger partial charge in [0, 0.05) is 25.4 Å². The summed E-state index contributed by atoms with van der Waals surface area (Å²) in [5.41, 5.74) is 2.31. The van der Waals surface area contributed by atoms with Crippen molar-refractivity contribution in [3.05, 3.63) is 34.9 Å². The molecule has 5 heteroatoms. The normalized spacial score (nSPS) is 24.7. The molecule has 26 heavy (non-hydrogen) atoms. The maximum Gasteiger partial charge on any atom is 0.253 e. The van der Waals surface area contributed by atoms with Crippen LogP contribution in [0.4, 0.5) is 0 Å². The Hall–Kier alpha value is -1.88. The molecular formula is C21H30N2O3. The highest BCUT2D eigenvalue weighted by Gasteiger charge is 2.44. The molecule has 2 aliphatic rings. The summed E-state index contributed by atoms with van der Waals surface area (Å²) in [4.78, 5) is 25.9. The largest absolute Gasteiger partial charge is 0.378 e. The Kier molecular flexibility index (Phi) is 5.11. The van der Waals surface area contributed by atoms with Gasteiger partial charge < -0.3 is 15.3 Å². The zero-order valence-corrected chi connectivity index (χ0v) is 16.1. The topological polar surface area (TPSA) is 69.6 Å². The molecule has 0 aromatic heterocycles. The number of hydrogen-bond acceptors (Lipinski definition) is 3. The van der Waals surface area contributed by atoms with Crippen LogP contribution in [0.2, 0.25) is 0 Å². The van der Waals surface area contributed by atoms with Crippen LogP contribution in [0.3, 0.4) is 0 Å². The molecule has 1 aliphatic heterocycles. The number of likely N-dealkylation sites (tertiary alicyclic amines) is 1. The van der Waals surface area contributed by atoms with Crippen LogP contribution in [-0.4, -0.2) is 47.1 Å². The molecule has 0 spiro atoms. The first-order valence-corrected chi connectivity index (χ1v) is 9.60. The number of nitrogens with one attached hydrogen (secondary N) is 1. The van der Waals surface area contributed by atoms with E-state index in [1.54, 1.807) is 4.90 Å². The summed E-state index contributed by atoms with van der Waals surface area (Å²) in [5, 5.41) is 13.8. The average Bonchev–Trinajstić information content (AvgIpc) is 2.56. The van der Waals surface area contributed by atoms with Crippen molar-refractivity contribution < 1.29 is 14.7 Å². The molecule has 1 saturated heterocycles. The number of hydrogen-bond donors (Lipinski definition) is 2. The molecule has 1 aliphatic carbocycles. The maximum absolute atomic E-state index is 12.7. The van der Waals surface area contributed by atoms with Gasteiger partial charge in [-0.2, -0.15) is 0 Å². The van der Waals surface area contributed by atoms with Gasteiger partial charge in [0.15, 0.2) is 5.60 Å². The lowest BCUT2D eigenvalue weighted by atomic mass is 9.64. The predicted octanol–water partition coefficient (Wildman–Crippen LogP) is 2.21. The minimum Gasteiger partial charge on any atom is -0.378 e. The number of aliphatic hydroxyl groups is 1. The third kappa shape index (κ3) is 3.50. The molecule has 0 radical (unpaired) electrons. The van der Waals surface area contributed by atoms with E-state index in [-0.39, 0.29) is 23.8 Å². The molecule has 3 rings (SSSR count). The summed E-state index contributed by atoms with van der Waals surface area (Å²) < 4.78 is 0. The van der Waals surface area contributed by atoms with Crippen LogP contribution in [0.25, 0.3) is 0 Å². The standard InChI is InChI=1S/C21H30N2O3/c1-15-6-7-18(12-16(15)2)20(8-4-9-20)13-22-19(25)21(26)10-5-11-23(14-21)17(3)24/h6-7,12,26H,4-5,8-11,13-14H2,1-3H3,(H,22,25). The fourth-order valence-corrected chi connectivity index (χ4v) is 4.15. The van der Waals surface area contributed by atoms with E-state index in [9.17, 15) is 14.7 Å². The zero-order valence-electron chi connectivity index (χ0n) is 16.1. The van der Waals surface area contributed by atoms with Crippen molar-refractivity contribution in [1.82, 2.24) is 10.2 Å². The Balaban J connectivity index is 1.69. The predicted molar refractivity (Wildman–Crippen MR) is 101 cm³/mol. The molecule has 0 bridgehead atoms. The van der Waals surface area contributed by atoms with E-state index in [1.807, 2.05) is 0 Å². The molecule has 2 fully saturated rings. The van der Waals surface area contributed by atoms with Crippen molar-refractivity contribution in [2.75, 3.05) is 19.6 Å². The lowest BCUT2D eigenvalue weighted by Gasteiger charge is -2.44. The number of nitrogens with zero attached hydrogens (tertiary/aromatic N) is 1. The van der Waals surface area contributed by atoms with Gasteiger partial charge in [-0.15, -0.1) is 0 Å². The molecule has 1 aromatic rings. The Labute approximate surface area is 155 Å². The number of benzene rings is 1. The molecule has 1 saturated carbocycles. The Morgan fingerprint density at radius 2 is 1.88 bits per heavy atom. The third-order valence-electron chi connectivity index (χ3n) is 6.36. The summed E-state index contributed by atoms with van der Waals surface area (Å²) in [5.74, 6) is -0.444. The quantitative estimate of drug-likeness (QED) is 0.867. The van der Waals surface area contributed by atoms with E-state index in [2.05, 4.69) is 37.4 Å². The van der Waals surface area contributed by atoms with Gasteiger partial charge in [0.2, 0.25) is 5.91 Å². The van der Waals surface area contributed by atoms with Gasteiger partial charge >= 0.3 is 0 Å². The second kappa shape index (κ2) is 7.03. The van der Waals surface area contributed by atoms with E-state index in [0.29, 0.717) is 25.9 Å². The Morgan fingerprint density at radius 1 is 1.15 bits per heavy atom. The maximum atomic E-state index is 12.7. The van der Waals surface area contributed by atoms with Crippen LogP contribution in [0.15, 0.2) is 18.2 Å². The first-order chi connectivity index (χ1) is 12.3. The second-order valence-electron chi connectivity index (χ2n) is 8.19. The molecule has 1 unspecified atom stereocenters. The second-order valence-corrected chi connectivity index (χ2v) is 8.19. The first kappa shape index (κ1) is 18.9. The van der Waals surface area contributed by atoms with Crippen molar-refractivity contribution in [2.24, 2.45) is 0 Å². The molecule has 2 amide bonds. The number of aryl methyl sites for hydroxylation is 2. The van der Waals surface area contributed by atoms with Crippen molar-refractivity contribution in [1.29, 1.82) is 0 Å². The summed E-state index contributed by atoms with van der Waals surface area (Å²) in [6, 6.07) is 6.54. The monoisotopic (exact) mass is 358 g/mol. The molecule has 5 nitrogen and oxygen atoms in total. The van der Waals surface area contributed by atoms with E-state index in [4.69, 9.17) is 0 Å². The summed E-state index contributed by atoms with van der Waals surface area (Å²) in [7, 11) is 0. The van der Waals surface area contributed by atoms with E-state index >= 15 is 0 Å².